The largest absolute Gasteiger partial charge is 0.357 e. The standard InChI is InChI=1S/C21H27N3O/c25-21-9-17(22-20-4-2-1-3-19(20)21)13-23-10-16-7-8-18(14-23)24(12-16)11-15-5-6-15/h1-4,9,15-16,18H,5-8,10-14H2,(H,22,25)/t16-,18+/m0/s1. The fraction of sp³-hybridized carbons (Fsp3) is 0.571. The van der Waals surface area contributed by atoms with Crippen molar-refractivity contribution in [2.75, 3.05) is 26.2 Å². The van der Waals surface area contributed by atoms with Crippen LogP contribution in [0.3, 0.4) is 0 Å². The molecule has 0 amide bonds. The minimum atomic E-state index is 0.137. The van der Waals surface area contributed by atoms with E-state index >= 15 is 0 Å². The van der Waals surface area contributed by atoms with Crippen LogP contribution in [0.4, 0.5) is 0 Å². The van der Waals surface area contributed by atoms with Gasteiger partial charge >= 0.3 is 0 Å². The van der Waals surface area contributed by atoms with Gasteiger partial charge in [0.2, 0.25) is 0 Å². The van der Waals surface area contributed by atoms with E-state index in [9.17, 15) is 4.79 Å². The third kappa shape index (κ3) is 3.25. The topological polar surface area (TPSA) is 39.3 Å². The fourth-order valence-electron chi connectivity index (χ4n) is 4.84. The molecule has 2 atom stereocenters. The Morgan fingerprint density at radius 3 is 2.80 bits per heavy atom. The van der Waals surface area contributed by atoms with Gasteiger partial charge in [0.1, 0.15) is 0 Å². The summed E-state index contributed by atoms with van der Waals surface area (Å²) in [5.74, 6) is 1.77. The van der Waals surface area contributed by atoms with Crippen molar-refractivity contribution in [1.82, 2.24) is 14.8 Å². The highest BCUT2D eigenvalue weighted by Crippen LogP contribution is 2.35. The number of nitrogens with one attached hydrogen (secondary N) is 1. The Hall–Kier alpha value is -1.65. The Kier molecular flexibility index (Phi) is 3.90. The number of rotatable bonds is 4. The first-order valence-electron chi connectivity index (χ1n) is 9.82. The molecule has 1 N–H and O–H groups in total. The highest BCUT2D eigenvalue weighted by molar-refractivity contribution is 5.78. The van der Waals surface area contributed by atoms with E-state index in [0.717, 1.165) is 41.5 Å². The van der Waals surface area contributed by atoms with E-state index in [1.807, 2.05) is 24.3 Å². The van der Waals surface area contributed by atoms with E-state index < -0.39 is 0 Å². The van der Waals surface area contributed by atoms with Gasteiger partial charge in [-0.2, -0.15) is 0 Å². The first-order chi connectivity index (χ1) is 12.2. The summed E-state index contributed by atoms with van der Waals surface area (Å²) in [7, 11) is 0. The first kappa shape index (κ1) is 15.6. The third-order valence-corrected chi connectivity index (χ3v) is 6.28. The molecule has 0 spiro atoms. The van der Waals surface area contributed by atoms with Crippen molar-refractivity contribution in [3.05, 3.63) is 46.2 Å². The van der Waals surface area contributed by atoms with Gasteiger partial charge in [-0.05, 0) is 49.7 Å². The number of aromatic amines is 1. The average molecular weight is 337 g/mol. The van der Waals surface area contributed by atoms with Gasteiger partial charge in [-0.3, -0.25) is 14.6 Å². The monoisotopic (exact) mass is 337 g/mol. The lowest BCUT2D eigenvalue weighted by atomic mass is 9.95. The lowest BCUT2D eigenvalue weighted by molar-refractivity contribution is 0.125. The van der Waals surface area contributed by atoms with E-state index in [-0.39, 0.29) is 5.43 Å². The molecule has 6 rings (SSSR count). The molecule has 1 aromatic heterocycles. The van der Waals surface area contributed by atoms with Crippen molar-refractivity contribution in [3.63, 3.8) is 0 Å². The first-order valence-corrected chi connectivity index (χ1v) is 9.82. The van der Waals surface area contributed by atoms with Crippen molar-refractivity contribution < 1.29 is 0 Å². The van der Waals surface area contributed by atoms with Gasteiger partial charge in [-0.15, -0.1) is 0 Å². The predicted molar refractivity (Wildman–Crippen MR) is 101 cm³/mol. The van der Waals surface area contributed by atoms with Crippen LogP contribution in [0.1, 0.15) is 31.4 Å². The third-order valence-electron chi connectivity index (χ3n) is 6.28. The molecule has 25 heavy (non-hydrogen) atoms. The molecule has 3 aliphatic heterocycles. The summed E-state index contributed by atoms with van der Waals surface area (Å²) < 4.78 is 0. The maximum Gasteiger partial charge on any atom is 0.189 e. The maximum atomic E-state index is 12.4. The molecule has 1 aliphatic carbocycles. The van der Waals surface area contributed by atoms with Gasteiger partial charge in [0, 0.05) is 61.4 Å². The molecule has 4 fully saturated rings. The Morgan fingerprint density at radius 1 is 1.04 bits per heavy atom. The van der Waals surface area contributed by atoms with Crippen LogP contribution in [0, 0.1) is 11.8 Å². The van der Waals surface area contributed by atoms with Gasteiger partial charge in [-0.25, -0.2) is 0 Å². The second-order valence-electron chi connectivity index (χ2n) is 8.39. The van der Waals surface area contributed by atoms with E-state index in [2.05, 4.69) is 14.8 Å². The molecule has 4 aliphatic rings. The molecular weight excluding hydrogens is 310 g/mol. The van der Waals surface area contributed by atoms with Gasteiger partial charge in [-0.1, -0.05) is 12.1 Å². The quantitative estimate of drug-likeness (QED) is 0.932. The molecule has 1 saturated carbocycles. The number of fused-ring (bicyclic) bond motifs is 5. The summed E-state index contributed by atoms with van der Waals surface area (Å²) in [6, 6.07) is 10.3. The lowest BCUT2D eigenvalue weighted by Gasteiger charge is -2.36. The zero-order valence-electron chi connectivity index (χ0n) is 14.8. The average Bonchev–Trinajstić information content (AvgIpc) is 3.43. The summed E-state index contributed by atoms with van der Waals surface area (Å²) in [4.78, 5) is 21.2. The van der Waals surface area contributed by atoms with Crippen LogP contribution in [0.15, 0.2) is 35.1 Å². The molecule has 0 radical (unpaired) electrons. The number of benzene rings is 1. The SMILES string of the molecule is O=c1cc(CN2C[C@@H]3CC[C@H](C2)N(CC2CC2)C3)[nH]c2ccccc12. The zero-order valence-corrected chi connectivity index (χ0v) is 14.8. The second kappa shape index (κ2) is 6.26. The molecule has 4 heterocycles. The zero-order chi connectivity index (χ0) is 16.8. The Balaban J connectivity index is 1.35. The van der Waals surface area contributed by atoms with E-state index in [1.165, 1.54) is 45.3 Å². The van der Waals surface area contributed by atoms with Gasteiger partial charge < -0.3 is 4.98 Å². The number of para-hydroxylation sites is 1. The van der Waals surface area contributed by atoms with Crippen molar-refractivity contribution in [1.29, 1.82) is 0 Å². The highest BCUT2D eigenvalue weighted by Gasteiger charge is 2.37. The summed E-state index contributed by atoms with van der Waals surface area (Å²) in [6.07, 6.45) is 5.60. The molecule has 0 unspecified atom stereocenters. The van der Waals surface area contributed by atoms with Crippen LogP contribution in [-0.4, -0.2) is 47.0 Å². The number of pyridine rings is 1. The molecule has 4 nitrogen and oxygen atoms in total. The lowest BCUT2D eigenvalue weighted by Crippen LogP contribution is -2.44. The second-order valence-corrected chi connectivity index (χ2v) is 8.39. The number of nitrogens with zero attached hydrogens (tertiary/aromatic N) is 2. The van der Waals surface area contributed by atoms with E-state index in [0.29, 0.717) is 6.04 Å². The number of hydrogen-bond acceptors (Lipinski definition) is 3. The van der Waals surface area contributed by atoms with Crippen molar-refractivity contribution in [3.8, 4) is 0 Å². The van der Waals surface area contributed by atoms with Gasteiger partial charge in [0.05, 0.1) is 0 Å². The minimum absolute atomic E-state index is 0.137. The van der Waals surface area contributed by atoms with Crippen LogP contribution in [-0.2, 0) is 6.54 Å². The molecule has 2 aromatic rings. The Morgan fingerprint density at radius 2 is 1.92 bits per heavy atom. The minimum Gasteiger partial charge on any atom is -0.357 e. The molecular formula is C21H27N3O. The highest BCUT2D eigenvalue weighted by atomic mass is 16.1. The van der Waals surface area contributed by atoms with Gasteiger partial charge in [0.15, 0.2) is 5.43 Å². The maximum absolute atomic E-state index is 12.4. The normalized spacial score (nSPS) is 27.7. The number of aromatic nitrogens is 1. The summed E-state index contributed by atoms with van der Waals surface area (Å²) in [5, 5.41) is 0.790. The van der Waals surface area contributed by atoms with Crippen LogP contribution in [0.2, 0.25) is 0 Å². The predicted octanol–water partition coefficient (Wildman–Crippen LogP) is 2.83. The van der Waals surface area contributed by atoms with E-state index in [1.54, 1.807) is 6.07 Å². The van der Waals surface area contributed by atoms with Crippen LogP contribution < -0.4 is 5.43 Å². The molecule has 132 valence electrons. The van der Waals surface area contributed by atoms with Crippen molar-refractivity contribution >= 4 is 10.9 Å². The Bertz CT molecular complexity index is 825. The fourth-order valence-corrected chi connectivity index (χ4v) is 4.84. The number of H-pyrrole nitrogens is 1. The van der Waals surface area contributed by atoms with E-state index in [4.69, 9.17) is 0 Å². The van der Waals surface area contributed by atoms with Crippen molar-refractivity contribution in [2.45, 2.75) is 38.3 Å². The Labute approximate surface area is 148 Å². The number of hydrogen-bond donors (Lipinski definition) is 1. The van der Waals surface area contributed by atoms with Gasteiger partial charge in [0.25, 0.3) is 0 Å². The number of piperidine rings is 1. The van der Waals surface area contributed by atoms with Crippen LogP contribution in [0.25, 0.3) is 10.9 Å². The van der Waals surface area contributed by atoms with Crippen LogP contribution >= 0.6 is 0 Å². The van der Waals surface area contributed by atoms with Crippen LogP contribution in [0.5, 0.6) is 0 Å². The summed E-state index contributed by atoms with van der Waals surface area (Å²) in [6.45, 7) is 5.79. The smallest absolute Gasteiger partial charge is 0.189 e. The molecule has 2 bridgehead atoms. The summed E-state index contributed by atoms with van der Waals surface area (Å²) in [5.41, 5.74) is 2.15. The molecule has 4 heteroatoms. The van der Waals surface area contributed by atoms with Crippen molar-refractivity contribution in [2.24, 2.45) is 11.8 Å². The molecule has 3 saturated heterocycles. The molecule has 1 aromatic carbocycles. The summed E-state index contributed by atoms with van der Waals surface area (Å²) >= 11 is 0.